The molecular formula is C8H10N4. The van der Waals surface area contributed by atoms with E-state index in [4.69, 9.17) is 11.0 Å². The number of nitrogen functional groups attached to an aromatic ring is 1. The predicted molar refractivity (Wildman–Crippen MR) is 47.7 cm³/mol. The SMILES string of the molecule is CN(C)c1ncc(N)cc1C#N. The highest BCUT2D eigenvalue weighted by Crippen LogP contribution is 2.15. The fraction of sp³-hybridized carbons (Fsp3) is 0.250. The molecule has 0 aliphatic rings. The van der Waals surface area contributed by atoms with Crippen molar-refractivity contribution in [1.29, 1.82) is 5.26 Å². The van der Waals surface area contributed by atoms with Crippen LogP contribution in [0, 0.1) is 11.3 Å². The number of anilines is 2. The van der Waals surface area contributed by atoms with Crippen molar-refractivity contribution in [2.75, 3.05) is 24.7 Å². The van der Waals surface area contributed by atoms with Crippen molar-refractivity contribution >= 4 is 11.5 Å². The second-order valence-electron chi connectivity index (χ2n) is 2.65. The van der Waals surface area contributed by atoms with Crippen LogP contribution in [0.5, 0.6) is 0 Å². The molecular weight excluding hydrogens is 152 g/mol. The number of nitrogens with zero attached hydrogens (tertiary/aromatic N) is 3. The van der Waals surface area contributed by atoms with Crippen molar-refractivity contribution in [2.24, 2.45) is 0 Å². The van der Waals surface area contributed by atoms with Crippen molar-refractivity contribution in [3.8, 4) is 6.07 Å². The van der Waals surface area contributed by atoms with E-state index in [9.17, 15) is 0 Å². The van der Waals surface area contributed by atoms with Crippen LogP contribution in [-0.2, 0) is 0 Å². The minimum absolute atomic E-state index is 0.500. The van der Waals surface area contributed by atoms with E-state index in [-0.39, 0.29) is 0 Å². The Morgan fingerprint density at radius 1 is 1.58 bits per heavy atom. The highest BCUT2D eigenvalue weighted by molar-refractivity contribution is 5.57. The molecule has 4 nitrogen and oxygen atoms in total. The highest BCUT2D eigenvalue weighted by Gasteiger charge is 2.04. The van der Waals surface area contributed by atoms with Crippen LogP contribution in [0.4, 0.5) is 11.5 Å². The summed E-state index contributed by atoms with van der Waals surface area (Å²) in [7, 11) is 3.67. The van der Waals surface area contributed by atoms with Crippen LogP contribution >= 0.6 is 0 Å². The Hall–Kier alpha value is -1.76. The molecule has 62 valence electrons. The normalized spacial score (nSPS) is 9.08. The Morgan fingerprint density at radius 2 is 2.25 bits per heavy atom. The lowest BCUT2D eigenvalue weighted by Crippen LogP contribution is -2.12. The number of pyridine rings is 1. The molecule has 1 aromatic heterocycles. The van der Waals surface area contributed by atoms with Gasteiger partial charge < -0.3 is 10.6 Å². The van der Waals surface area contributed by atoms with Crippen LogP contribution in [0.1, 0.15) is 5.56 Å². The van der Waals surface area contributed by atoms with Crippen LogP contribution in [0.25, 0.3) is 0 Å². The van der Waals surface area contributed by atoms with Gasteiger partial charge in [-0.15, -0.1) is 0 Å². The molecule has 1 aromatic rings. The van der Waals surface area contributed by atoms with Gasteiger partial charge in [-0.3, -0.25) is 0 Å². The lowest BCUT2D eigenvalue weighted by Gasteiger charge is -2.12. The monoisotopic (exact) mass is 162 g/mol. The third-order valence-corrected chi connectivity index (χ3v) is 1.43. The van der Waals surface area contributed by atoms with Gasteiger partial charge in [0.1, 0.15) is 11.9 Å². The first-order chi connectivity index (χ1) is 5.65. The molecule has 0 atom stereocenters. The summed E-state index contributed by atoms with van der Waals surface area (Å²) < 4.78 is 0. The van der Waals surface area contributed by atoms with Crippen molar-refractivity contribution < 1.29 is 0 Å². The van der Waals surface area contributed by atoms with Gasteiger partial charge in [0.2, 0.25) is 0 Å². The number of nitrogens with two attached hydrogens (primary N) is 1. The summed E-state index contributed by atoms with van der Waals surface area (Å²) >= 11 is 0. The zero-order chi connectivity index (χ0) is 9.14. The van der Waals surface area contributed by atoms with Gasteiger partial charge in [0.05, 0.1) is 17.4 Å². The molecule has 0 saturated carbocycles. The maximum Gasteiger partial charge on any atom is 0.146 e. The van der Waals surface area contributed by atoms with E-state index >= 15 is 0 Å². The van der Waals surface area contributed by atoms with Gasteiger partial charge in [-0.2, -0.15) is 5.26 Å². The third kappa shape index (κ3) is 1.45. The Morgan fingerprint density at radius 3 is 2.75 bits per heavy atom. The van der Waals surface area contributed by atoms with Crippen molar-refractivity contribution in [3.63, 3.8) is 0 Å². The molecule has 2 N–H and O–H groups in total. The van der Waals surface area contributed by atoms with Gasteiger partial charge in [0.15, 0.2) is 0 Å². The van der Waals surface area contributed by atoms with Crippen molar-refractivity contribution in [3.05, 3.63) is 17.8 Å². The molecule has 0 fully saturated rings. The van der Waals surface area contributed by atoms with Crippen molar-refractivity contribution in [2.45, 2.75) is 0 Å². The number of hydrogen-bond donors (Lipinski definition) is 1. The first-order valence-corrected chi connectivity index (χ1v) is 3.48. The van der Waals surface area contributed by atoms with Crippen LogP contribution in [0.15, 0.2) is 12.3 Å². The average molecular weight is 162 g/mol. The predicted octanol–water partition coefficient (Wildman–Crippen LogP) is 0.601. The summed E-state index contributed by atoms with van der Waals surface area (Å²) in [5.41, 5.74) is 6.48. The molecule has 1 rings (SSSR count). The molecule has 0 aliphatic carbocycles. The number of rotatable bonds is 1. The Kier molecular flexibility index (Phi) is 2.15. The first kappa shape index (κ1) is 8.34. The molecule has 1 heterocycles. The minimum atomic E-state index is 0.500. The minimum Gasteiger partial charge on any atom is -0.397 e. The molecule has 0 aromatic carbocycles. The first-order valence-electron chi connectivity index (χ1n) is 3.48. The highest BCUT2D eigenvalue weighted by atomic mass is 15.1. The lowest BCUT2D eigenvalue weighted by molar-refractivity contribution is 1.06. The van der Waals surface area contributed by atoms with Crippen LogP contribution in [0.3, 0.4) is 0 Å². The zero-order valence-electron chi connectivity index (χ0n) is 7.07. The standard InChI is InChI=1S/C8H10N4/c1-12(2)8-6(4-9)3-7(10)5-11-8/h3,5H,10H2,1-2H3. The average Bonchev–Trinajstić information content (AvgIpc) is 2.03. The molecule has 0 saturated heterocycles. The fourth-order valence-corrected chi connectivity index (χ4v) is 0.912. The Bertz CT molecular complexity index is 324. The molecule has 0 bridgehead atoms. The smallest absolute Gasteiger partial charge is 0.146 e. The lowest BCUT2D eigenvalue weighted by atomic mass is 10.2. The molecule has 12 heavy (non-hydrogen) atoms. The summed E-state index contributed by atoms with van der Waals surface area (Å²) in [6.07, 6.45) is 1.54. The fourth-order valence-electron chi connectivity index (χ4n) is 0.912. The van der Waals surface area contributed by atoms with Gasteiger partial charge in [-0.25, -0.2) is 4.98 Å². The topological polar surface area (TPSA) is 65.9 Å². The van der Waals surface area contributed by atoms with Gasteiger partial charge in [0, 0.05) is 14.1 Å². The number of nitriles is 1. The van der Waals surface area contributed by atoms with E-state index < -0.39 is 0 Å². The maximum atomic E-state index is 8.72. The van der Waals surface area contributed by atoms with Crippen LogP contribution < -0.4 is 10.6 Å². The molecule has 0 amide bonds. The summed E-state index contributed by atoms with van der Waals surface area (Å²) in [6, 6.07) is 3.65. The maximum absolute atomic E-state index is 8.72. The Balaban J connectivity index is 3.23. The molecule has 0 spiro atoms. The van der Waals surface area contributed by atoms with Gasteiger partial charge in [0.25, 0.3) is 0 Å². The second-order valence-corrected chi connectivity index (χ2v) is 2.65. The zero-order valence-corrected chi connectivity index (χ0v) is 7.07. The number of aromatic nitrogens is 1. The summed E-state index contributed by atoms with van der Waals surface area (Å²) in [6.45, 7) is 0. The molecule has 0 unspecified atom stereocenters. The van der Waals surface area contributed by atoms with Crippen LogP contribution in [-0.4, -0.2) is 19.1 Å². The summed E-state index contributed by atoms with van der Waals surface area (Å²) in [5, 5.41) is 8.72. The molecule has 4 heteroatoms. The largest absolute Gasteiger partial charge is 0.397 e. The Labute approximate surface area is 71.2 Å². The second kappa shape index (κ2) is 3.09. The molecule has 0 aliphatic heterocycles. The summed E-state index contributed by atoms with van der Waals surface area (Å²) in [5.74, 6) is 0.645. The molecule has 0 radical (unpaired) electrons. The number of hydrogen-bond acceptors (Lipinski definition) is 4. The van der Waals surface area contributed by atoms with Gasteiger partial charge >= 0.3 is 0 Å². The van der Waals surface area contributed by atoms with Gasteiger partial charge in [-0.1, -0.05) is 0 Å². The summed E-state index contributed by atoms with van der Waals surface area (Å²) in [4.78, 5) is 5.80. The third-order valence-electron chi connectivity index (χ3n) is 1.43. The van der Waals surface area contributed by atoms with E-state index in [1.165, 1.54) is 6.20 Å². The van der Waals surface area contributed by atoms with E-state index in [0.29, 0.717) is 17.1 Å². The van der Waals surface area contributed by atoms with E-state index in [2.05, 4.69) is 4.98 Å². The van der Waals surface area contributed by atoms with E-state index in [1.54, 1.807) is 11.0 Å². The van der Waals surface area contributed by atoms with Gasteiger partial charge in [-0.05, 0) is 6.07 Å². The van der Waals surface area contributed by atoms with E-state index in [1.807, 2.05) is 20.2 Å². The quantitative estimate of drug-likeness (QED) is 0.656. The van der Waals surface area contributed by atoms with Crippen molar-refractivity contribution in [1.82, 2.24) is 4.98 Å². The van der Waals surface area contributed by atoms with E-state index in [0.717, 1.165) is 0 Å². The van der Waals surface area contributed by atoms with Crippen LogP contribution in [0.2, 0.25) is 0 Å².